The van der Waals surface area contributed by atoms with Crippen LogP contribution < -0.4 is 0 Å². The summed E-state index contributed by atoms with van der Waals surface area (Å²) in [5.74, 6) is -0.0170. The van der Waals surface area contributed by atoms with E-state index in [1.807, 2.05) is 6.92 Å². The van der Waals surface area contributed by atoms with Crippen molar-refractivity contribution in [3.63, 3.8) is 0 Å². The molecule has 0 unspecified atom stereocenters. The molecule has 0 heterocycles. The molecule has 3 bridgehead atoms. The van der Waals surface area contributed by atoms with E-state index in [0.29, 0.717) is 12.3 Å². The summed E-state index contributed by atoms with van der Waals surface area (Å²) in [5, 5.41) is 21.0. The largest absolute Gasteiger partial charge is 0.389 e. The van der Waals surface area contributed by atoms with Crippen LogP contribution >= 0.6 is 0 Å². The summed E-state index contributed by atoms with van der Waals surface area (Å²) in [7, 11) is 0. The van der Waals surface area contributed by atoms with Gasteiger partial charge in [0, 0.05) is 5.57 Å². The Kier molecular flexibility index (Phi) is 4.14. The molecule has 0 fully saturated rings. The minimum Gasteiger partial charge on any atom is -0.389 e. The number of hydrogen-bond acceptors (Lipinski definition) is 3. The minimum absolute atomic E-state index is 0.0718. The number of Topliss-reactive ketones (excluding diaryl/α,β-unsaturated/α-hetero) is 1. The van der Waals surface area contributed by atoms with Crippen LogP contribution in [0.5, 0.6) is 0 Å². The van der Waals surface area contributed by atoms with Crippen molar-refractivity contribution in [2.24, 2.45) is 17.3 Å². The minimum atomic E-state index is -0.717. The van der Waals surface area contributed by atoms with Gasteiger partial charge in [-0.1, -0.05) is 37.6 Å². The van der Waals surface area contributed by atoms with Crippen molar-refractivity contribution in [2.75, 3.05) is 0 Å². The molecule has 2 N–H and O–H groups in total. The molecule has 0 saturated heterocycles. The molecule has 0 aromatic rings. The van der Waals surface area contributed by atoms with E-state index in [2.05, 4.69) is 20.4 Å². The van der Waals surface area contributed by atoms with Crippen LogP contribution in [0.15, 0.2) is 34.9 Å². The van der Waals surface area contributed by atoms with Gasteiger partial charge >= 0.3 is 0 Å². The molecule has 0 radical (unpaired) electrons. The first kappa shape index (κ1) is 16.7. The van der Waals surface area contributed by atoms with Gasteiger partial charge in [-0.05, 0) is 55.9 Å². The van der Waals surface area contributed by atoms with E-state index in [0.717, 1.165) is 48.0 Å². The van der Waals surface area contributed by atoms with Gasteiger partial charge in [-0.15, -0.1) is 0 Å². The number of hydrogen-bond donors (Lipinski definition) is 2. The molecule has 3 heteroatoms. The fourth-order valence-corrected chi connectivity index (χ4v) is 4.91. The maximum absolute atomic E-state index is 13.1. The molecule has 0 aromatic carbocycles. The summed E-state index contributed by atoms with van der Waals surface area (Å²) in [6.07, 6.45) is 4.64. The van der Waals surface area contributed by atoms with Gasteiger partial charge in [0.15, 0.2) is 5.78 Å². The van der Waals surface area contributed by atoms with Crippen molar-refractivity contribution in [1.29, 1.82) is 0 Å². The highest BCUT2D eigenvalue weighted by Gasteiger charge is 2.51. The van der Waals surface area contributed by atoms with Gasteiger partial charge in [0.05, 0.1) is 18.1 Å². The van der Waals surface area contributed by atoms with Gasteiger partial charge in [-0.3, -0.25) is 4.79 Å². The highest BCUT2D eigenvalue weighted by Crippen LogP contribution is 2.53. The van der Waals surface area contributed by atoms with E-state index in [9.17, 15) is 15.0 Å². The fourth-order valence-electron chi connectivity index (χ4n) is 4.91. The van der Waals surface area contributed by atoms with Crippen LogP contribution in [0.2, 0.25) is 0 Å². The Bertz CT molecular complexity index is 608. The van der Waals surface area contributed by atoms with Gasteiger partial charge < -0.3 is 10.2 Å². The summed E-state index contributed by atoms with van der Waals surface area (Å²) in [5.41, 5.74) is 3.46. The van der Waals surface area contributed by atoms with Crippen molar-refractivity contribution >= 4 is 5.78 Å². The third-order valence-corrected chi connectivity index (χ3v) is 6.24. The summed E-state index contributed by atoms with van der Waals surface area (Å²) in [6, 6.07) is 0. The van der Waals surface area contributed by atoms with E-state index in [1.54, 1.807) is 6.08 Å². The summed E-state index contributed by atoms with van der Waals surface area (Å²) < 4.78 is 0. The Morgan fingerprint density at radius 1 is 1.22 bits per heavy atom. The molecule has 126 valence electrons. The highest BCUT2D eigenvalue weighted by atomic mass is 16.3. The molecule has 0 aromatic heterocycles. The zero-order valence-electron chi connectivity index (χ0n) is 14.4. The van der Waals surface area contributed by atoms with E-state index >= 15 is 0 Å². The second-order valence-electron chi connectivity index (χ2n) is 8.12. The Labute approximate surface area is 138 Å². The lowest BCUT2D eigenvalue weighted by atomic mass is 9.63. The maximum atomic E-state index is 13.1. The first-order valence-electron chi connectivity index (χ1n) is 8.72. The number of carbonyl (C=O) groups excluding carboxylic acids is 1. The van der Waals surface area contributed by atoms with E-state index in [1.165, 1.54) is 0 Å². The number of ketones is 1. The molecule has 23 heavy (non-hydrogen) atoms. The maximum Gasteiger partial charge on any atom is 0.169 e. The third kappa shape index (κ3) is 2.64. The Balaban J connectivity index is 2.10. The number of rotatable bonds is 0. The Morgan fingerprint density at radius 3 is 2.57 bits per heavy atom. The van der Waals surface area contributed by atoms with Gasteiger partial charge in [-0.2, -0.15) is 0 Å². The summed E-state index contributed by atoms with van der Waals surface area (Å²) >= 11 is 0. The molecule has 0 saturated carbocycles. The molecule has 3 rings (SSSR count). The number of carbonyl (C=O) groups is 1. The van der Waals surface area contributed by atoms with Crippen LogP contribution in [-0.4, -0.2) is 28.2 Å². The second-order valence-corrected chi connectivity index (χ2v) is 8.12. The van der Waals surface area contributed by atoms with Crippen LogP contribution in [0.4, 0.5) is 0 Å². The molecule has 3 aliphatic carbocycles. The predicted octanol–water partition coefficient (Wildman–Crippen LogP) is 3.33. The molecule has 0 amide bonds. The number of aliphatic hydroxyl groups is 2. The number of aliphatic hydroxyl groups excluding tert-OH is 2. The van der Waals surface area contributed by atoms with Crippen molar-refractivity contribution in [1.82, 2.24) is 0 Å². The zero-order valence-corrected chi connectivity index (χ0v) is 14.4. The SMILES string of the molecule is C=C1CC[C@@H]2CCC3=C(C(=O)[C@@H](/C(C)=C/[C@H](O)C1)[C@H]3O)C2(C)C. The van der Waals surface area contributed by atoms with Crippen molar-refractivity contribution in [2.45, 2.75) is 65.1 Å². The van der Waals surface area contributed by atoms with E-state index in [-0.39, 0.29) is 11.2 Å². The summed E-state index contributed by atoms with van der Waals surface area (Å²) in [4.78, 5) is 13.1. The molecule has 0 aliphatic heterocycles. The molecule has 3 nitrogen and oxygen atoms in total. The molecular weight excluding hydrogens is 288 g/mol. The lowest BCUT2D eigenvalue weighted by molar-refractivity contribution is -0.120. The lowest BCUT2D eigenvalue weighted by Gasteiger charge is -2.40. The van der Waals surface area contributed by atoms with Crippen LogP contribution in [-0.2, 0) is 4.79 Å². The van der Waals surface area contributed by atoms with E-state index in [4.69, 9.17) is 0 Å². The van der Waals surface area contributed by atoms with Crippen molar-refractivity contribution in [3.8, 4) is 0 Å². The average Bonchev–Trinajstić information content (AvgIpc) is 2.69. The van der Waals surface area contributed by atoms with Crippen LogP contribution in [0.3, 0.4) is 0 Å². The van der Waals surface area contributed by atoms with Gasteiger partial charge in [0.25, 0.3) is 0 Å². The topological polar surface area (TPSA) is 57.5 Å². The normalized spacial score (nSPS) is 39.8. The smallest absolute Gasteiger partial charge is 0.169 e. The van der Waals surface area contributed by atoms with Crippen LogP contribution in [0, 0.1) is 17.3 Å². The van der Waals surface area contributed by atoms with Crippen molar-refractivity contribution in [3.05, 3.63) is 34.9 Å². The predicted molar refractivity (Wildman–Crippen MR) is 90.8 cm³/mol. The highest BCUT2D eigenvalue weighted by molar-refractivity contribution is 6.04. The third-order valence-electron chi connectivity index (χ3n) is 6.24. The second kappa shape index (κ2) is 5.71. The monoisotopic (exact) mass is 316 g/mol. The van der Waals surface area contributed by atoms with Gasteiger partial charge in [-0.25, -0.2) is 0 Å². The Morgan fingerprint density at radius 2 is 1.87 bits per heavy atom. The average molecular weight is 316 g/mol. The van der Waals surface area contributed by atoms with Crippen molar-refractivity contribution < 1.29 is 15.0 Å². The molecule has 3 aliphatic rings. The van der Waals surface area contributed by atoms with Crippen LogP contribution in [0.25, 0.3) is 0 Å². The fraction of sp³-hybridized carbons (Fsp3) is 0.650. The van der Waals surface area contributed by atoms with E-state index < -0.39 is 18.1 Å². The number of allylic oxidation sites excluding steroid dienone is 1. The standard InChI is InChI=1S/C20H28O3/c1-11-5-6-13-7-8-15-17(20(13,3)4)19(23)16(18(15)22)12(2)10-14(21)9-11/h10,13-14,16,18,21-22H,1,5-9H2,2-4H3/b12-10+/t13-,14-,16+,18+/m1/s1. The lowest BCUT2D eigenvalue weighted by Crippen LogP contribution is -2.33. The zero-order chi connectivity index (χ0) is 16.9. The molecular formula is C20H28O3. The summed E-state index contributed by atoms with van der Waals surface area (Å²) in [6.45, 7) is 10.3. The van der Waals surface area contributed by atoms with Crippen LogP contribution in [0.1, 0.15) is 52.9 Å². The first-order chi connectivity index (χ1) is 10.7. The molecule has 4 atom stereocenters. The van der Waals surface area contributed by atoms with Gasteiger partial charge in [0.1, 0.15) is 0 Å². The Hall–Kier alpha value is -1.19. The number of fused-ring (bicyclic) bond motifs is 2. The van der Waals surface area contributed by atoms with Gasteiger partial charge in [0.2, 0.25) is 0 Å². The molecule has 0 spiro atoms. The first-order valence-corrected chi connectivity index (χ1v) is 8.72. The quantitative estimate of drug-likeness (QED) is 0.674.